The van der Waals surface area contributed by atoms with Crippen LogP contribution in [-0.2, 0) is 5.54 Å². The standard InChI is InChI=1S/C16H21N3O2/c1-20-13-9-5-4-8-12(13)14-18-15(21-19-14)16(17)10-6-2-3-7-11-16/h4-5,8-9H,2-3,6-7,10-11,17H2,1H3. The first-order valence-corrected chi connectivity index (χ1v) is 7.49. The van der Waals surface area contributed by atoms with Crippen molar-refractivity contribution in [1.82, 2.24) is 10.1 Å². The molecule has 0 spiro atoms. The second kappa shape index (κ2) is 5.85. The number of aromatic nitrogens is 2. The molecule has 0 saturated heterocycles. The molecule has 0 atom stereocenters. The largest absolute Gasteiger partial charge is 0.496 e. The van der Waals surface area contributed by atoms with E-state index < -0.39 is 5.54 Å². The minimum atomic E-state index is -0.482. The van der Waals surface area contributed by atoms with Crippen LogP contribution in [0.3, 0.4) is 0 Å². The maximum Gasteiger partial charge on any atom is 0.247 e. The van der Waals surface area contributed by atoms with Crippen LogP contribution in [0.2, 0.25) is 0 Å². The van der Waals surface area contributed by atoms with Crippen molar-refractivity contribution in [2.45, 2.75) is 44.1 Å². The Bertz CT molecular complexity index is 601. The zero-order valence-corrected chi connectivity index (χ0v) is 12.3. The molecule has 0 amide bonds. The first-order chi connectivity index (χ1) is 10.2. The Labute approximate surface area is 124 Å². The van der Waals surface area contributed by atoms with Crippen LogP contribution < -0.4 is 10.5 Å². The predicted molar refractivity (Wildman–Crippen MR) is 79.9 cm³/mol. The molecule has 0 aliphatic heterocycles. The molecule has 3 rings (SSSR count). The van der Waals surface area contributed by atoms with Gasteiger partial charge in [-0.05, 0) is 25.0 Å². The summed E-state index contributed by atoms with van der Waals surface area (Å²) >= 11 is 0. The van der Waals surface area contributed by atoms with Crippen molar-refractivity contribution in [1.29, 1.82) is 0 Å². The van der Waals surface area contributed by atoms with E-state index in [1.807, 2.05) is 24.3 Å². The fourth-order valence-corrected chi connectivity index (χ4v) is 2.94. The monoisotopic (exact) mass is 287 g/mol. The zero-order valence-electron chi connectivity index (χ0n) is 12.3. The Morgan fingerprint density at radius 3 is 2.57 bits per heavy atom. The first-order valence-electron chi connectivity index (χ1n) is 7.49. The summed E-state index contributed by atoms with van der Waals surface area (Å²) in [7, 11) is 1.63. The van der Waals surface area contributed by atoms with Crippen molar-refractivity contribution in [3.8, 4) is 17.1 Å². The number of nitrogens with zero attached hydrogens (tertiary/aromatic N) is 2. The molecular formula is C16H21N3O2. The Hall–Kier alpha value is -1.88. The zero-order chi connectivity index (χ0) is 14.7. The van der Waals surface area contributed by atoms with E-state index in [9.17, 15) is 0 Å². The summed E-state index contributed by atoms with van der Waals surface area (Å²) in [6.45, 7) is 0. The maximum absolute atomic E-state index is 6.51. The van der Waals surface area contributed by atoms with Crippen LogP contribution in [0, 0.1) is 0 Å². The highest BCUT2D eigenvalue weighted by Gasteiger charge is 2.34. The van der Waals surface area contributed by atoms with Crippen LogP contribution in [-0.4, -0.2) is 17.3 Å². The van der Waals surface area contributed by atoms with Gasteiger partial charge in [0.25, 0.3) is 0 Å². The van der Waals surface area contributed by atoms with E-state index in [4.69, 9.17) is 15.0 Å². The minimum absolute atomic E-state index is 0.482. The van der Waals surface area contributed by atoms with E-state index in [0.717, 1.165) is 37.0 Å². The van der Waals surface area contributed by atoms with Crippen molar-refractivity contribution >= 4 is 0 Å². The molecule has 0 bridgehead atoms. The summed E-state index contributed by atoms with van der Waals surface area (Å²) in [6, 6.07) is 7.65. The average molecular weight is 287 g/mol. The van der Waals surface area contributed by atoms with E-state index >= 15 is 0 Å². The lowest BCUT2D eigenvalue weighted by Gasteiger charge is -2.22. The van der Waals surface area contributed by atoms with Gasteiger partial charge in [-0.15, -0.1) is 0 Å². The molecule has 0 radical (unpaired) electrons. The molecule has 2 aromatic rings. The van der Waals surface area contributed by atoms with Gasteiger partial charge in [0.15, 0.2) is 0 Å². The Balaban J connectivity index is 1.92. The van der Waals surface area contributed by atoms with E-state index in [-0.39, 0.29) is 0 Å². The summed E-state index contributed by atoms with van der Waals surface area (Å²) < 4.78 is 10.8. The fraction of sp³-hybridized carbons (Fsp3) is 0.500. The molecule has 0 unspecified atom stereocenters. The molecule has 1 aromatic carbocycles. The highest BCUT2D eigenvalue weighted by molar-refractivity contribution is 5.63. The molecule has 1 heterocycles. The van der Waals surface area contributed by atoms with E-state index in [1.54, 1.807) is 7.11 Å². The van der Waals surface area contributed by atoms with Gasteiger partial charge in [0.1, 0.15) is 5.75 Å². The highest BCUT2D eigenvalue weighted by atomic mass is 16.5. The van der Waals surface area contributed by atoms with Crippen molar-refractivity contribution in [2.24, 2.45) is 5.73 Å². The van der Waals surface area contributed by atoms with Gasteiger partial charge < -0.3 is 15.0 Å². The third-order valence-corrected chi connectivity index (χ3v) is 4.20. The molecule has 1 aliphatic rings. The lowest BCUT2D eigenvalue weighted by atomic mass is 9.91. The van der Waals surface area contributed by atoms with Crippen LogP contribution in [0.5, 0.6) is 5.75 Å². The SMILES string of the molecule is COc1ccccc1-c1noc(C2(N)CCCCCC2)n1. The average Bonchev–Trinajstić information content (AvgIpc) is 2.91. The first kappa shape index (κ1) is 14.1. The lowest BCUT2D eigenvalue weighted by molar-refractivity contribution is 0.257. The summed E-state index contributed by atoms with van der Waals surface area (Å²) in [5, 5.41) is 4.10. The second-order valence-corrected chi connectivity index (χ2v) is 5.69. The number of ether oxygens (including phenoxy) is 1. The van der Waals surface area contributed by atoms with E-state index in [1.165, 1.54) is 12.8 Å². The quantitative estimate of drug-likeness (QED) is 0.877. The van der Waals surface area contributed by atoms with Gasteiger partial charge in [0.05, 0.1) is 18.2 Å². The van der Waals surface area contributed by atoms with Crippen LogP contribution in [0.4, 0.5) is 0 Å². The highest BCUT2D eigenvalue weighted by Crippen LogP contribution is 2.34. The van der Waals surface area contributed by atoms with Crippen LogP contribution in [0.15, 0.2) is 28.8 Å². The molecular weight excluding hydrogens is 266 g/mol. The van der Waals surface area contributed by atoms with Crippen LogP contribution in [0.25, 0.3) is 11.4 Å². The molecule has 1 aliphatic carbocycles. The number of hydrogen-bond donors (Lipinski definition) is 1. The molecule has 21 heavy (non-hydrogen) atoms. The summed E-state index contributed by atoms with van der Waals surface area (Å²) in [4.78, 5) is 4.54. The van der Waals surface area contributed by atoms with E-state index in [0.29, 0.717) is 11.7 Å². The summed E-state index contributed by atoms with van der Waals surface area (Å²) in [5.74, 6) is 1.82. The third kappa shape index (κ3) is 2.78. The van der Waals surface area contributed by atoms with Crippen molar-refractivity contribution in [3.05, 3.63) is 30.2 Å². The number of nitrogens with two attached hydrogens (primary N) is 1. The lowest BCUT2D eigenvalue weighted by Crippen LogP contribution is -2.36. The smallest absolute Gasteiger partial charge is 0.247 e. The molecule has 112 valence electrons. The summed E-state index contributed by atoms with van der Waals surface area (Å²) in [5.41, 5.74) is 6.86. The van der Waals surface area contributed by atoms with Gasteiger partial charge >= 0.3 is 0 Å². The fourth-order valence-electron chi connectivity index (χ4n) is 2.94. The normalized spacial score (nSPS) is 18.2. The molecule has 1 aromatic heterocycles. The maximum atomic E-state index is 6.51. The van der Waals surface area contributed by atoms with Crippen molar-refractivity contribution in [3.63, 3.8) is 0 Å². The van der Waals surface area contributed by atoms with Gasteiger partial charge in [-0.2, -0.15) is 4.98 Å². The molecule has 1 fully saturated rings. The number of hydrogen-bond acceptors (Lipinski definition) is 5. The number of rotatable bonds is 3. The Morgan fingerprint density at radius 1 is 1.14 bits per heavy atom. The number of para-hydroxylation sites is 1. The molecule has 2 N–H and O–H groups in total. The van der Waals surface area contributed by atoms with Crippen LogP contribution in [0.1, 0.15) is 44.4 Å². The van der Waals surface area contributed by atoms with Gasteiger partial charge in [-0.1, -0.05) is 43.0 Å². The Morgan fingerprint density at radius 2 is 1.86 bits per heavy atom. The molecule has 5 nitrogen and oxygen atoms in total. The Kier molecular flexibility index (Phi) is 3.92. The van der Waals surface area contributed by atoms with Gasteiger partial charge in [-0.25, -0.2) is 0 Å². The summed E-state index contributed by atoms with van der Waals surface area (Å²) in [6.07, 6.45) is 6.49. The van der Waals surface area contributed by atoms with Crippen molar-refractivity contribution in [2.75, 3.05) is 7.11 Å². The third-order valence-electron chi connectivity index (χ3n) is 4.20. The second-order valence-electron chi connectivity index (χ2n) is 5.69. The van der Waals surface area contributed by atoms with Gasteiger partial charge in [-0.3, -0.25) is 0 Å². The topological polar surface area (TPSA) is 74.2 Å². The molecule has 5 heteroatoms. The number of methoxy groups -OCH3 is 1. The van der Waals surface area contributed by atoms with Gasteiger partial charge in [0, 0.05) is 0 Å². The minimum Gasteiger partial charge on any atom is -0.496 e. The van der Waals surface area contributed by atoms with E-state index in [2.05, 4.69) is 10.1 Å². The number of benzene rings is 1. The van der Waals surface area contributed by atoms with Crippen LogP contribution >= 0.6 is 0 Å². The van der Waals surface area contributed by atoms with Crippen molar-refractivity contribution < 1.29 is 9.26 Å². The predicted octanol–water partition coefficient (Wildman–Crippen LogP) is 3.25. The van der Waals surface area contributed by atoms with Gasteiger partial charge in [0.2, 0.25) is 11.7 Å². The molecule has 1 saturated carbocycles.